The summed E-state index contributed by atoms with van der Waals surface area (Å²) >= 11 is 1.71. The fraction of sp³-hybridized carbons (Fsp3) is 0.643. The van der Waals surface area contributed by atoms with Gasteiger partial charge in [0.2, 0.25) is 5.91 Å². The Morgan fingerprint density at radius 1 is 1.39 bits per heavy atom. The molecule has 0 bridgehead atoms. The third-order valence-corrected chi connectivity index (χ3v) is 4.00. The molecule has 2 atom stereocenters. The quantitative estimate of drug-likeness (QED) is 0.711. The second-order valence-electron chi connectivity index (χ2n) is 4.62. The molecule has 4 heteroatoms. The average molecular weight is 268 g/mol. The van der Waals surface area contributed by atoms with E-state index >= 15 is 0 Å². The van der Waals surface area contributed by atoms with Crippen molar-refractivity contribution < 1.29 is 4.79 Å². The average Bonchev–Trinajstić information content (AvgIpc) is 2.88. The van der Waals surface area contributed by atoms with Crippen LogP contribution >= 0.6 is 11.3 Å². The van der Waals surface area contributed by atoms with Crippen LogP contribution in [0.5, 0.6) is 0 Å². The molecule has 0 saturated carbocycles. The maximum absolute atomic E-state index is 11.8. The van der Waals surface area contributed by atoms with Gasteiger partial charge in [0.1, 0.15) is 0 Å². The lowest BCUT2D eigenvalue weighted by molar-refractivity contribution is -0.122. The van der Waals surface area contributed by atoms with Crippen molar-refractivity contribution in [2.45, 2.75) is 52.1 Å². The summed E-state index contributed by atoms with van der Waals surface area (Å²) in [6, 6.07) is 4.20. The minimum absolute atomic E-state index is 0.0921. The van der Waals surface area contributed by atoms with Gasteiger partial charge in [-0.2, -0.15) is 0 Å². The second-order valence-corrected chi connectivity index (χ2v) is 5.60. The monoisotopic (exact) mass is 268 g/mol. The summed E-state index contributed by atoms with van der Waals surface area (Å²) in [6.45, 7) is 6.95. The van der Waals surface area contributed by atoms with Crippen LogP contribution in [0.4, 0.5) is 0 Å². The SMILES string of the molecule is CCCCCNC(=O)C(C)N[C@@H](C)c1cccs1. The molecule has 18 heavy (non-hydrogen) atoms. The molecule has 2 N–H and O–H groups in total. The van der Waals surface area contributed by atoms with E-state index in [9.17, 15) is 4.79 Å². The Morgan fingerprint density at radius 2 is 2.17 bits per heavy atom. The molecule has 1 unspecified atom stereocenters. The number of amides is 1. The Bertz CT molecular complexity index is 338. The molecule has 0 aliphatic carbocycles. The summed E-state index contributed by atoms with van der Waals surface area (Å²) in [5, 5.41) is 8.35. The van der Waals surface area contributed by atoms with Crippen molar-refractivity contribution in [2.75, 3.05) is 6.54 Å². The standard InChI is InChI=1S/C14H24N2OS/c1-4-5-6-9-15-14(17)12(3)16-11(2)13-8-7-10-18-13/h7-8,10-12,16H,4-6,9H2,1-3H3,(H,15,17)/t11-,12?/m0/s1. The molecule has 102 valence electrons. The van der Waals surface area contributed by atoms with Crippen LogP contribution in [-0.4, -0.2) is 18.5 Å². The zero-order valence-electron chi connectivity index (χ0n) is 11.5. The van der Waals surface area contributed by atoms with Crippen LogP contribution in [0.1, 0.15) is 51.0 Å². The minimum atomic E-state index is -0.149. The first-order chi connectivity index (χ1) is 8.65. The first-order valence-corrected chi connectivity index (χ1v) is 7.60. The zero-order chi connectivity index (χ0) is 13.4. The topological polar surface area (TPSA) is 41.1 Å². The molecule has 0 aliphatic rings. The summed E-state index contributed by atoms with van der Waals surface area (Å²) in [6.07, 6.45) is 3.42. The molecule has 1 aromatic heterocycles. The third-order valence-electron chi connectivity index (χ3n) is 2.94. The molecule has 1 amide bonds. The number of carbonyl (C=O) groups excluding carboxylic acids is 1. The summed E-state index contributed by atoms with van der Waals surface area (Å²) < 4.78 is 0. The predicted molar refractivity (Wildman–Crippen MR) is 77.9 cm³/mol. The Labute approximate surface area is 114 Å². The molecule has 0 aromatic carbocycles. The first kappa shape index (κ1) is 15.2. The van der Waals surface area contributed by atoms with Gasteiger partial charge in [-0.1, -0.05) is 25.8 Å². The van der Waals surface area contributed by atoms with E-state index in [4.69, 9.17) is 0 Å². The smallest absolute Gasteiger partial charge is 0.236 e. The zero-order valence-corrected chi connectivity index (χ0v) is 12.3. The highest BCUT2D eigenvalue weighted by atomic mass is 32.1. The van der Waals surface area contributed by atoms with E-state index in [0.717, 1.165) is 13.0 Å². The first-order valence-electron chi connectivity index (χ1n) is 6.72. The van der Waals surface area contributed by atoms with Crippen molar-refractivity contribution in [3.8, 4) is 0 Å². The van der Waals surface area contributed by atoms with Crippen LogP contribution in [0.2, 0.25) is 0 Å². The molecule has 1 rings (SSSR count). The van der Waals surface area contributed by atoms with Crippen LogP contribution in [0.25, 0.3) is 0 Å². The van der Waals surface area contributed by atoms with Gasteiger partial charge in [-0.05, 0) is 31.7 Å². The van der Waals surface area contributed by atoms with E-state index in [-0.39, 0.29) is 18.0 Å². The van der Waals surface area contributed by atoms with Crippen LogP contribution in [0.15, 0.2) is 17.5 Å². The van der Waals surface area contributed by atoms with Gasteiger partial charge in [0, 0.05) is 17.5 Å². The Hall–Kier alpha value is -0.870. The van der Waals surface area contributed by atoms with Crippen LogP contribution in [0.3, 0.4) is 0 Å². The van der Waals surface area contributed by atoms with Crippen LogP contribution in [0, 0.1) is 0 Å². The van der Waals surface area contributed by atoms with Gasteiger partial charge in [0.05, 0.1) is 6.04 Å². The Kier molecular flexibility index (Phi) is 6.98. The van der Waals surface area contributed by atoms with E-state index < -0.39 is 0 Å². The number of carbonyl (C=O) groups is 1. The van der Waals surface area contributed by atoms with E-state index in [2.05, 4.69) is 35.9 Å². The normalized spacial score (nSPS) is 14.2. The molecular weight excluding hydrogens is 244 g/mol. The summed E-state index contributed by atoms with van der Waals surface area (Å²) in [4.78, 5) is 13.1. The minimum Gasteiger partial charge on any atom is -0.355 e. The summed E-state index contributed by atoms with van der Waals surface area (Å²) in [5.74, 6) is 0.0921. The maximum atomic E-state index is 11.8. The lowest BCUT2D eigenvalue weighted by Crippen LogP contribution is -2.43. The van der Waals surface area contributed by atoms with Crippen LogP contribution in [-0.2, 0) is 4.79 Å². The molecule has 0 radical (unpaired) electrons. The molecule has 1 aromatic rings. The van der Waals surface area contributed by atoms with Gasteiger partial charge < -0.3 is 5.32 Å². The van der Waals surface area contributed by atoms with Gasteiger partial charge in [0.25, 0.3) is 0 Å². The van der Waals surface area contributed by atoms with Crippen molar-refractivity contribution in [1.29, 1.82) is 0 Å². The van der Waals surface area contributed by atoms with E-state index in [1.165, 1.54) is 17.7 Å². The highest BCUT2D eigenvalue weighted by Gasteiger charge is 2.15. The highest BCUT2D eigenvalue weighted by molar-refractivity contribution is 7.10. The van der Waals surface area contributed by atoms with Crippen molar-refractivity contribution in [3.63, 3.8) is 0 Å². The third kappa shape index (κ3) is 5.19. The van der Waals surface area contributed by atoms with Gasteiger partial charge >= 0.3 is 0 Å². The highest BCUT2D eigenvalue weighted by Crippen LogP contribution is 2.18. The Morgan fingerprint density at radius 3 is 2.78 bits per heavy atom. The van der Waals surface area contributed by atoms with Crippen LogP contribution < -0.4 is 10.6 Å². The molecular formula is C14H24N2OS. The molecule has 0 saturated heterocycles. The van der Waals surface area contributed by atoms with E-state index in [1.54, 1.807) is 11.3 Å². The fourth-order valence-corrected chi connectivity index (χ4v) is 2.55. The molecule has 3 nitrogen and oxygen atoms in total. The second kappa shape index (κ2) is 8.27. The lowest BCUT2D eigenvalue weighted by atomic mass is 10.2. The molecule has 1 heterocycles. The Balaban J connectivity index is 2.27. The summed E-state index contributed by atoms with van der Waals surface area (Å²) in [7, 11) is 0. The van der Waals surface area contributed by atoms with E-state index in [1.807, 2.05) is 13.0 Å². The number of thiophene rings is 1. The number of nitrogens with one attached hydrogen (secondary N) is 2. The predicted octanol–water partition coefficient (Wildman–Crippen LogP) is 3.09. The number of unbranched alkanes of at least 4 members (excludes halogenated alkanes) is 2. The van der Waals surface area contributed by atoms with Gasteiger partial charge in [-0.25, -0.2) is 0 Å². The number of rotatable bonds is 8. The molecule has 0 aliphatic heterocycles. The fourth-order valence-electron chi connectivity index (χ4n) is 1.81. The number of hydrogen-bond donors (Lipinski definition) is 2. The van der Waals surface area contributed by atoms with Gasteiger partial charge in [-0.15, -0.1) is 11.3 Å². The number of hydrogen-bond acceptors (Lipinski definition) is 3. The van der Waals surface area contributed by atoms with Gasteiger partial charge in [0.15, 0.2) is 0 Å². The van der Waals surface area contributed by atoms with Crippen molar-refractivity contribution >= 4 is 17.2 Å². The van der Waals surface area contributed by atoms with Gasteiger partial charge in [-0.3, -0.25) is 10.1 Å². The lowest BCUT2D eigenvalue weighted by Gasteiger charge is -2.18. The molecule has 0 spiro atoms. The van der Waals surface area contributed by atoms with E-state index in [0.29, 0.717) is 0 Å². The maximum Gasteiger partial charge on any atom is 0.236 e. The largest absolute Gasteiger partial charge is 0.355 e. The van der Waals surface area contributed by atoms with Crippen molar-refractivity contribution in [1.82, 2.24) is 10.6 Å². The van der Waals surface area contributed by atoms with Crippen molar-refractivity contribution in [2.24, 2.45) is 0 Å². The van der Waals surface area contributed by atoms with Crippen molar-refractivity contribution in [3.05, 3.63) is 22.4 Å². The summed E-state index contributed by atoms with van der Waals surface area (Å²) in [5.41, 5.74) is 0. The molecule has 0 fully saturated rings.